The number of likely N-dealkylation sites (tertiary alicyclic amines) is 1. The largest absolute Gasteiger partial charge is 0.316 e. The van der Waals surface area contributed by atoms with Crippen molar-refractivity contribution in [3.63, 3.8) is 0 Å². The molecule has 1 rings (SSSR count). The first kappa shape index (κ1) is 15.9. The summed E-state index contributed by atoms with van der Waals surface area (Å²) in [5, 5.41) is 3.47. The van der Waals surface area contributed by atoms with E-state index in [0.717, 1.165) is 6.04 Å². The summed E-state index contributed by atoms with van der Waals surface area (Å²) in [5.74, 6) is 0. The van der Waals surface area contributed by atoms with Gasteiger partial charge in [-0.3, -0.25) is 0 Å². The molecule has 3 nitrogen and oxygen atoms in total. The van der Waals surface area contributed by atoms with Crippen molar-refractivity contribution in [1.29, 1.82) is 0 Å². The summed E-state index contributed by atoms with van der Waals surface area (Å²) in [4.78, 5) is 5.02. The second-order valence-electron chi connectivity index (χ2n) is 7.03. The number of rotatable bonds is 5. The Hall–Kier alpha value is -0.120. The van der Waals surface area contributed by atoms with Gasteiger partial charge in [0, 0.05) is 18.6 Å². The number of likely N-dealkylation sites (N-methyl/N-ethyl adjacent to an activating group) is 2. The van der Waals surface area contributed by atoms with E-state index < -0.39 is 0 Å². The Morgan fingerprint density at radius 1 is 1.39 bits per heavy atom. The Kier molecular flexibility index (Phi) is 6.09. The van der Waals surface area contributed by atoms with Crippen LogP contribution in [0.1, 0.15) is 40.0 Å². The number of hydrogen-bond acceptors (Lipinski definition) is 3. The maximum absolute atomic E-state index is 3.47. The predicted octanol–water partition coefficient (Wildman–Crippen LogP) is 2.04. The molecular weight excluding hydrogens is 222 g/mol. The molecule has 18 heavy (non-hydrogen) atoms. The maximum atomic E-state index is 3.47. The zero-order chi connectivity index (χ0) is 13.8. The standard InChI is InChI=1S/C15H33N3/c1-15(2,3)14(16-4)9-11-18(6)13-8-7-10-17(5)12-13/h13-14,16H,7-12H2,1-6H3. The highest BCUT2D eigenvalue weighted by Gasteiger charge is 2.25. The molecular formula is C15H33N3. The molecule has 0 aromatic carbocycles. The van der Waals surface area contributed by atoms with Crippen LogP contribution in [0.4, 0.5) is 0 Å². The second-order valence-corrected chi connectivity index (χ2v) is 7.03. The quantitative estimate of drug-likeness (QED) is 0.811. The van der Waals surface area contributed by atoms with E-state index in [0.29, 0.717) is 11.5 Å². The fourth-order valence-corrected chi connectivity index (χ4v) is 3.02. The van der Waals surface area contributed by atoms with Gasteiger partial charge < -0.3 is 15.1 Å². The Bertz CT molecular complexity index is 234. The Morgan fingerprint density at radius 2 is 2.06 bits per heavy atom. The van der Waals surface area contributed by atoms with Gasteiger partial charge in [-0.25, -0.2) is 0 Å². The Morgan fingerprint density at radius 3 is 2.56 bits per heavy atom. The van der Waals surface area contributed by atoms with Gasteiger partial charge in [0.1, 0.15) is 0 Å². The molecule has 0 amide bonds. The molecule has 1 N–H and O–H groups in total. The first-order chi connectivity index (χ1) is 8.34. The lowest BCUT2D eigenvalue weighted by Crippen LogP contribution is -2.47. The summed E-state index contributed by atoms with van der Waals surface area (Å²) in [6.45, 7) is 10.7. The van der Waals surface area contributed by atoms with Crippen molar-refractivity contribution >= 4 is 0 Å². The van der Waals surface area contributed by atoms with E-state index in [1.165, 1.54) is 38.9 Å². The van der Waals surface area contributed by atoms with E-state index in [4.69, 9.17) is 0 Å². The molecule has 0 radical (unpaired) electrons. The van der Waals surface area contributed by atoms with Crippen LogP contribution < -0.4 is 5.32 Å². The lowest BCUT2D eigenvalue weighted by Gasteiger charge is -2.38. The summed E-state index contributed by atoms with van der Waals surface area (Å²) in [6, 6.07) is 1.35. The Balaban J connectivity index is 2.37. The van der Waals surface area contributed by atoms with E-state index in [1.807, 2.05) is 0 Å². The van der Waals surface area contributed by atoms with Crippen molar-refractivity contribution in [3.8, 4) is 0 Å². The van der Waals surface area contributed by atoms with Gasteiger partial charge in [0.15, 0.2) is 0 Å². The van der Waals surface area contributed by atoms with Gasteiger partial charge in [-0.1, -0.05) is 20.8 Å². The lowest BCUT2D eigenvalue weighted by atomic mass is 9.84. The van der Waals surface area contributed by atoms with E-state index >= 15 is 0 Å². The van der Waals surface area contributed by atoms with Gasteiger partial charge in [0.2, 0.25) is 0 Å². The molecule has 0 aliphatic carbocycles. The van der Waals surface area contributed by atoms with Crippen molar-refractivity contribution in [2.45, 2.75) is 52.1 Å². The van der Waals surface area contributed by atoms with Crippen molar-refractivity contribution in [3.05, 3.63) is 0 Å². The fourth-order valence-electron chi connectivity index (χ4n) is 3.02. The van der Waals surface area contributed by atoms with Gasteiger partial charge in [-0.2, -0.15) is 0 Å². The molecule has 3 heteroatoms. The smallest absolute Gasteiger partial charge is 0.0220 e. The van der Waals surface area contributed by atoms with Gasteiger partial charge in [-0.05, 0) is 58.9 Å². The van der Waals surface area contributed by atoms with Crippen molar-refractivity contribution in [2.24, 2.45) is 5.41 Å². The van der Waals surface area contributed by atoms with Crippen LogP contribution in [-0.2, 0) is 0 Å². The van der Waals surface area contributed by atoms with Crippen molar-refractivity contribution < 1.29 is 0 Å². The molecule has 2 atom stereocenters. The van der Waals surface area contributed by atoms with Gasteiger partial charge in [0.05, 0.1) is 0 Å². The third-order valence-electron chi connectivity index (χ3n) is 4.39. The van der Waals surface area contributed by atoms with E-state index in [2.05, 4.69) is 57.0 Å². The molecule has 0 aromatic rings. The van der Waals surface area contributed by atoms with Crippen LogP contribution in [0, 0.1) is 5.41 Å². The van der Waals surface area contributed by atoms with Gasteiger partial charge >= 0.3 is 0 Å². The zero-order valence-electron chi connectivity index (χ0n) is 13.3. The zero-order valence-corrected chi connectivity index (χ0v) is 13.3. The molecule has 1 fully saturated rings. The molecule has 2 unspecified atom stereocenters. The fraction of sp³-hybridized carbons (Fsp3) is 1.00. The molecule has 1 heterocycles. The topological polar surface area (TPSA) is 18.5 Å². The van der Waals surface area contributed by atoms with Crippen LogP contribution >= 0.6 is 0 Å². The first-order valence-corrected chi connectivity index (χ1v) is 7.40. The van der Waals surface area contributed by atoms with Crippen LogP contribution in [0.3, 0.4) is 0 Å². The molecule has 0 spiro atoms. The Labute approximate surface area is 114 Å². The van der Waals surface area contributed by atoms with Crippen LogP contribution in [-0.4, -0.2) is 62.7 Å². The van der Waals surface area contributed by atoms with E-state index in [9.17, 15) is 0 Å². The number of hydrogen-bond donors (Lipinski definition) is 1. The van der Waals surface area contributed by atoms with Gasteiger partial charge in [-0.15, -0.1) is 0 Å². The first-order valence-electron chi connectivity index (χ1n) is 7.40. The van der Waals surface area contributed by atoms with Crippen LogP contribution in [0.25, 0.3) is 0 Å². The van der Waals surface area contributed by atoms with Crippen molar-refractivity contribution in [2.75, 3.05) is 40.8 Å². The average molecular weight is 255 g/mol. The SMILES string of the molecule is CNC(CCN(C)C1CCCN(C)C1)C(C)(C)C. The molecule has 1 saturated heterocycles. The third-order valence-corrected chi connectivity index (χ3v) is 4.39. The highest BCUT2D eigenvalue weighted by molar-refractivity contribution is 4.82. The minimum absolute atomic E-state index is 0.346. The van der Waals surface area contributed by atoms with E-state index in [1.54, 1.807) is 0 Å². The van der Waals surface area contributed by atoms with Crippen molar-refractivity contribution in [1.82, 2.24) is 15.1 Å². The summed E-state index contributed by atoms with van der Waals surface area (Å²) in [5.41, 5.74) is 0.346. The minimum atomic E-state index is 0.346. The van der Waals surface area contributed by atoms with Gasteiger partial charge in [0.25, 0.3) is 0 Å². The molecule has 0 bridgehead atoms. The maximum Gasteiger partial charge on any atom is 0.0220 e. The summed E-state index contributed by atoms with van der Waals surface area (Å²) < 4.78 is 0. The molecule has 0 saturated carbocycles. The summed E-state index contributed by atoms with van der Waals surface area (Å²) in [6.07, 6.45) is 3.94. The highest BCUT2D eigenvalue weighted by Crippen LogP contribution is 2.22. The normalized spacial score (nSPS) is 24.5. The monoisotopic (exact) mass is 255 g/mol. The molecule has 1 aliphatic heterocycles. The number of nitrogens with zero attached hydrogens (tertiary/aromatic N) is 2. The third kappa shape index (κ3) is 4.87. The summed E-state index contributed by atoms with van der Waals surface area (Å²) >= 11 is 0. The second kappa shape index (κ2) is 6.88. The summed E-state index contributed by atoms with van der Waals surface area (Å²) in [7, 11) is 6.62. The highest BCUT2D eigenvalue weighted by atomic mass is 15.2. The lowest BCUT2D eigenvalue weighted by molar-refractivity contribution is 0.123. The predicted molar refractivity (Wildman–Crippen MR) is 80.1 cm³/mol. The number of nitrogens with one attached hydrogen (secondary N) is 1. The van der Waals surface area contributed by atoms with Crippen LogP contribution in [0.2, 0.25) is 0 Å². The van der Waals surface area contributed by atoms with Crippen LogP contribution in [0.5, 0.6) is 0 Å². The van der Waals surface area contributed by atoms with Crippen LogP contribution in [0.15, 0.2) is 0 Å². The minimum Gasteiger partial charge on any atom is -0.316 e. The molecule has 0 aromatic heterocycles. The molecule has 1 aliphatic rings. The number of piperidine rings is 1. The average Bonchev–Trinajstić information content (AvgIpc) is 2.27. The van der Waals surface area contributed by atoms with E-state index in [-0.39, 0.29) is 0 Å². The molecule has 108 valence electrons.